The average molecular weight is 1350 g/mol. The molecule has 25 heteroatoms. The summed E-state index contributed by atoms with van der Waals surface area (Å²) in [5.74, 6) is 5.18. The maximum atomic E-state index is 12.2. The van der Waals surface area contributed by atoms with Crippen molar-refractivity contribution in [1.82, 2.24) is 74.4 Å². The first kappa shape index (κ1) is 74.8. The van der Waals surface area contributed by atoms with Gasteiger partial charge in [-0.15, -0.1) is 0 Å². The minimum Gasteiger partial charge on any atom is -0.457 e. The molecule has 0 saturated carbocycles. The maximum absolute atomic E-state index is 12.2. The van der Waals surface area contributed by atoms with E-state index in [4.69, 9.17) is 51.4 Å². The summed E-state index contributed by atoms with van der Waals surface area (Å²) in [6.07, 6.45) is 13.8. The van der Waals surface area contributed by atoms with Crippen LogP contribution in [0.2, 0.25) is 0 Å². The summed E-state index contributed by atoms with van der Waals surface area (Å²) in [6.45, 7) is 6.70. The summed E-state index contributed by atoms with van der Waals surface area (Å²) in [5.41, 5.74) is 25.0. The summed E-state index contributed by atoms with van der Waals surface area (Å²) in [7, 11) is 5.07. The van der Waals surface area contributed by atoms with Crippen LogP contribution >= 0.6 is 0 Å². The number of nitrogen functional groups attached to an aromatic ring is 3. The lowest BCUT2D eigenvalue weighted by Gasteiger charge is -2.15. The molecule has 12 aromatic rings. The first-order chi connectivity index (χ1) is 47.3. The molecule has 6 heterocycles. The molecule has 0 aliphatic heterocycles. The van der Waals surface area contributed by atoms with Gasteiger partial charge in [0, 0.05) is 63.6 Å². The van der Waals surface area contributed by atoms with Crippen molar-refractivity contribution < 1.29 is 33.3 Å². The molecule has 3 amide bonds. The number of para-hydroxylation sites is 3. The number of benzene rings is 6. The predicted octanol–water partition coefficient (Wildman–Crippen LogP) is 12.9. The highest BCUT2D eigenvalue weighted by Crippen LogP contribution is 2.35. The van der Waals surface area contributed by atoms with Crippen molar-refractivity contribution in [1.29, 1.82) is 0 Å². The number of rotatable bonds is 23. The largest absolute Gasteiger partial charge is 0.457 e. The number of carbonyl (C=O) groups excluding carboxylic acids is 3. The molecule has 0 aliphatic carbocycles. The van der Waals surface area contributed by atoms with Crippen LogP contribution in [0.1, 0.15) is 36.1 Å². The molecule has 6 aromatic heterocycles. The van der Waals surface area contributed by atoms with Gasteiger partial charge in [-0.3, -0.25) is 14.4 Å². The number of anilines is 3. The van der Waals surface area contributed by atoms with E-state index in [1.165, 1.54) is 37.2 Å². The van der Waals surface area contributed by atoms with Gasteiger partial charge < -0.3 is 51.3 Å². The average Bonchev–Trinajstić information content (AvgIpc) is 1.64. The van der Waals surface area contributed by atoms with Crippen LogP contribution in [0.15, 0.2) is 219 Å². The lowest BCUT2D eigenvalue weighted by molar-refractivity contribution is -0.125. The van der Waals surface area contributed by atoms with E-state index in [1.807, 2.05) is 171 Å². The highest BCUT2D eigenvalue weighted by Gasteiger charge is 2.21. The topological polar surface area (TPSA) is 315 Å². The van der Waals surface area contributed by atoms with Crippen LogP contribution in [0, 0.1) is 0 Å². The fourth-order valence-corrected chi connectivity index (χ4v) is 9.93. The third-order valence-electron chi connectivity index (χ3n) is 14.8. The van der Waals surface area contributed by atoms with E-state index in [-0.39, 0.29) is 40.0 Å². The third-order valence-corrected chi connectivity index (χ3v) is 14.8. The van der Waals surface area contributed by atoms with E-state index < -0.39 is 0 Å². The molecule has 12 rings (SSSR count). The number of nitrogens with one attached hydrogen (secondary N) is 1. The molecule has 0 fully saturated rings. The lowest BCUT2D eigenvalue weighted by Crippen LogP contribution is -2.29. The van der Waals surface area contributed by atoms with Gasteiger partial charge >= 0.3 is 0 Å². The number of fused-ring (bicyclic) bond motifs is 3. The van der Waals surface area contributed by atoms with Gasteiger partial charge in [-0.05, 0) is 135 Å². The Morgan fingerprint density at radius 3 is 1.09 bits per heavy atom. The molecule has 0 unspecified atom stereocenters. The minimum absolute atomic E-state index is 0. The number of likely N-dealkylation sites (N-methyl/N-ethyl adjacent to an activating group) is 2. The predicted molar refractivity (Wildman–Crippen MR) is 394 cm³/mol. The summed E-state index contributed by atoms with van der Waals surface area (Å²) >= 11 is 0. The van der Waals surface area contributed by atoms with Crippen molar-refractivity contribution in [2.24, 2.45) is 0 Å². The number of nitrogens with zero attached hydrogens (tertiary/aromatic N) is 14. The van der Waals surface area contributed by atoms with Crippen LogP contribution in [0.5, 0.6) is 34.5 Å². The molecule has 100 heavy (non-hydrogen) atoms. The second kappa shape index (κ2) is 36.5. The van der Waals surface area contributed by atoms with Crippen molar-refractivity contribution >= 4 is 68.3 Å². The van der Waals surface area contributed by atoms with Crippen LogP contribution in [-0.4, -0.2) is 134 Å². The minimum atomic E-state index is -0.151. The van der Waals surface area contributed by atoms with Crippen LogP contribution in [0.25, 0.3) is 66.9 Å². The fraction of sp³-hybridized carbons (Fsp3) is 0.200. The standard InChI is InChI=1S/C25H26N6O3.C24H24N6O2.C23H22N6O2.3CH4/c1-30(21(32)9-6-16-33-2)14-15-31-25-22(24(26)27-17-28-25)23(29-31)18-10-12-20(13-11-18)34-19-7-4-3-5-8-19;1-3-7-20(31)29(2)14-15-30-24-21(23(25)26-16-27-24)22(28-30)17-10-12-19(13-11-17)32-18-8-5-4-6-9-18;1-2-6-19(30)25-13-14-29-23-20(22(24)26-15-27-23)21(28-29)16-9-11-18(12-10-16)31-17-7-4-3-5-8-17;;;/h3-13,17H,14-16H2,1-2H3,(H2,26,27,28);3-13,16H,14-15H2,1-2H3,(H2,25,26,27);2-12,15H,13-14H2,1H3,(H,25,30)(H2,24,26,27);3*1H4/b9-6+;7-3+;6-2+;;;. The third kappa shape index (κ3) is 19.1. The summed E-state index contributed by atoms with van der Waals surface area (Å²) in [6, 6.07) is 51.6. The van der Waals surface area contributed by atoms with Crippen molar-refractivity contribution in [3.05, 3.63) is 219 Å². The normalized spacial score (nSPS) is 10.8. The molecule has 6 aromatic carbocycles. The van der Waals surface area contributed by atoms with Crippen molar-refractivity contribution in [2.75, 3.05) is 64.6 Å². The number of carbonyl (C=O) groups is 3. The number of ether oxygens (including phenoxy) is 4. The van der Waals surface area contributed by atoms with Gasteiger partial charge in [0.05, 0.1) is 42.4 Å². The Balaban J connectivity index is 0.000000208. The molecular weight excluding hydrogens is 1260 g/mol. The smallest absolute Gasteiger partial charge is 0.246 e. The first-order valence-corrected chi connectivity index (χ1v) is 30.9. The number of amides is 3. The molecule has 0 spiro atoms. The summed E-state index contributed by atoms with van der Waals surface area (Å²) in [4.78, 5) is 64.7. The van der Waals surface area contributed by atoms with Gasteiger partial charge in [0.2, 0.25) is 17.7 Å². The Hall–Kier alpha value is -12.6. The Bertz CT molecular complexity index is 4700. The zero-order chi connectivity index (χ0) is 68.0. The number of allylic oxidation sites excluding steroid dienone is 2. The molecule has 0 radical (unpaired) electrons. The lowest BCUT2D eigenvalue weighted by atomic mass is 10.1. The summed E-state index contributed by atoms with van der Waals surface area (Å²) in [5, 5.41) is 19.1. The van der Waals surface area contributed by atoms with Crippen molar-refractivity contribution in [3.63, 3.8) is 0 Å². The number of hydrogen-bond donors (Lipinski definition) is 4. The molecule has 0 atom stereocenters. The second-order valence-corrected chi connectivity index (χ2v) is 21.6. The van der Waals surface area contributed by atoms with E-state index in [2.05, 4.69) is 35.2 Å². The fourth-order valence-electron chi connectivity index (χ4n) is 9.93. The zero-order valence-electron chi connectivity index (χ0n) is 54.1. The molecule has 0 aliphatic rings. The van der Waals surface area contributed by atoms with Crippen molar-refractivity contribution in [3.8, 4) is 68.3 Å². The van der Waals surface area contributed by atoms with Gasteiger partial charge in [0.15, 0.2) is 16.9 Å². The zero-order valence-corrected chi connectivity index (χ0v) is 54.1. The van der Waals surface area contributed by atoms with Crippen LogP contribution in [0.4, 0.5) is 17.5 Å². The first-order valence-electron chi connectivity index (χ1n) is 30.9. The van der Waals surface area contributed by atoms with Crippen LogP contribution < -0.4 is 36.7 Å². The number of aromatic nitrogens is 12. The number of methoxy groups -OCH3 is 1. The second-order valence-electron chi connectivity index (χ2n) is 21.6. The molecule has 516 valence electrons. The number of nitrogens with two attached hydrogens (primary N) is 3. The Morgan fingerprint density at radius 1 is 0.440 bits per heavy atom. The molecular formula is C75H84N18O7. The molecule has 25 nitrogen and oxygen atoms in total. The van der Waals surface area contributed by atoms with Gasteiger partial charge in [-0.1, -0.05) is 95.1 Å². The van der Waals surface area contributed by atoms with E-state index in [9.17, 15) is 14.4 Å². The van der Waals surface area contributed by atoms with Crippen LogP contribution in [-0.2, 0) is 38.8 Å². The molecule has 7 N–H and O–H groups in total. The highest BCUT2D eigenvalue weighted by atomic mass is 16.5. The summed E-state index contributed by atoms with van der Waals surface area (Å²) < 4.78 is 27.8. The van der Waals surface area contributed by atoms with Gasteiger partial charge in [-0.25, -0.2) is 43.9 Å². The van der Waals surface area contributed by atoms with Crippen molar-refractivity contribution in [2.45, 2.75) is 55.8 Å². The maximum Gasteiger partial charge on any atom is 0.246 e. The number of hydrogen-bond acceptors (Lipinski definition) is 19. The van der Waals surface area contributed by atoms with E-state index in [0.717, 1.165) is 45.4 Å². The van der Waals surface area contributed by atoms with Crippen LogP contribution in [0.3, 0.4) is 0 Å². The van der Waals surface area contributed by atoms with E-state index in [1.54, 1.807) is 70.2 Å². The van der Waals surface area contributed by atoms with Gasteiger partial charge in [0.1, 0.15) is 88.0 Å². The van der Waals surface area contributed by atoms with Gasteiger partial charge in [0.25, 0.3) is 0 Å². The van der Waals surface area contributed by atoms with Gasteiger partial charge in [-0.2, -0.15) is 15.3 Å². The SMILES string of the molecule is C.C.C.C/C=C/C(=O)N(C)CCn1nc(-c2ccc(Oc3ccccc3)cc2)c2c(N)ncnc21.C/C=C/C(=O)NCCn1nc(-c2ccc(Oc3ccccc3)cc2)c2c(N)ncnc21.COC/C=C/C(=O)N(C)CCn1nc(-c2ccc(Oc3ccccc3)cc2)c2c(N)ncnc21. The molecule has 0 saturated heterocycles. The van der Waals surface area contributed by atoms with E-state index in [0.29, 0.717) is 119 Å². The quantitative estimate of drug-likeness (QED) is 0.0432. The monoisotopic (exact) mass is 1350 g/mol. The van der Waals surface area contributed by atoms with E-state index >= 15 is 0 Å². The Kier molecular flexibility index (Phi) is 27.3. The Labute approximate surface area is 581 Å². The Morgan fingerprint density at radius 2 is 0.760 bits per heavy atom. The molecule has 0 bridgehead atoms. The highest BCUT2D eigenvalue weighted by molar-refractivity contribution is 6.00.